The molecule has 4 aromatic rings. The molecule has 1 saturated heterocycles. The largest absolute Gasteiger partial charge is 0.329 e. The van der Waals surface area contributed by atoms with E-state index in [1.165, 1.54) is 14.9 Å². The first kappa shape index (κ1) is 19.7. The van der Waals surface area contributed by atoms with E-state index in [0.717, 1.165) is 49.5 Å². The van der Waals surface area contributed by atoms with Crippen molar-refractivity contribution in [2.75, 3.05) is 33.2 Å². The van der Waals surface area contributed by atoms with Crippen LogP contribution in [0.3, 0.4) is 0 Å². The molecule has 1 aliphatic heterocycles. The normalized spacial score (nSPS) is 19.3. The molecule has 3 N–H and O–H groups in total. The van der Waals surface area contributed by atoms with Crippen LogP contribution in [0.1, 0.15) is 11.4 Å². The molecular weight excluding hydrogens is 392 g/mol. The van der Waals surface area contributed by atoms with Crippen LogP contribution in [0.25, 0.3) is 21.9 Å². The van der Waals surface area contributed by atoms with Gasteiger partial charge in [0.15, 0.2) is 17.0 Å². The quantitative estimate of drug-likeness (QED) is 0.377. The molecule has 0 radical (unpaired) electrons. The van der Waals surface area contributed by atoms with Crippen LogP contribution in [0.4, 0.5) is 0 Å². The van der Waals surface area contributed by atoms with E-state index in [1.54, 1.807) is 11.9 Å². The van der Waals surface area contributed by atoms with Gasteiger partial charge in [0.25, 0.3) is 5.56 Å². The molecule has 0 spiro atoms. The van der Waals surface area contributed by atoms with Crippen LogP contribution >= 0.6 is 0 Å². The van der Waals surface area contributed by atoms with Crippen molar-refractivity contribution < 1.29 is 9.80 Å². The predicted octanol–water partition coefficient (Wildman–Crippen LogP) is -1.46. The van der Waals surface area contributed by atoms with Gasteiger partial charge in [0.05, 0.1) is 13.6 Å². The summed E-state index contributed by atoms with van der Waals surface area (Å²) in [4.78, 5) is 35.3. The Hall–Kier alpha value is -3.23. The second kappa shape index (κ2) is 7.79. The van der Waals surface area contributed by atoms with Gasteiger partial charge in [-0.1, -0.05) is 42.5 Å². The number of nitrogens with one attached hydrogen (secondary N) is 3. The predicted molar refractivity (Wildman–Crippen MR) is 120 cm³/mol. The van der Waals surface area contributed by atoms with Crippen molar-refractivity contribution in [2.24, 2.45) is 7.05 Å². The minimum atomic E-state index is -0.436. The molecule has 1 aliphatic rings. The van der Waals surface area contributed by atoms with E-state index in [4.69, 9.17) is 4.98 Å². The minimum absolute atomic E-state index is 0.380. The Bertz CT molecular complexity index is 1370. The number of rotatable bonds is 4. The third kappa shape index (κ3) is 3.58. The molecule has 2 aromatic heterocycles. The maximum Gasteiger partial charge on any atom is 0.329 e. The lowest BCUT2D eigenvalue weighted by Crippen LogP contribution is -3.26. The van der Waals surface area contributed by atoms with E-state index in [-0.39, 0.29) is 5.56 Å². The number of aromatic nitrogens is 4. The van der Waals surface area contributed by atoms with Crippen LogP contribution in [0, 0.1) is 0 Å². The number of benzene rings is 2. The molecule has 0 unspecified atom stereocenters. The summed E-state index contributed by atoms with van der Waals surface area (Å²) in [5.41, 5.74) is 1.22. The summed E-state index contributed by atoms with van der Waals surface area (Å²) in [6.07, 6.45) is 0. The number of imidazole rings is 1. The molecule has 0 amide bonds. The molecular formula is C23H28N6O2+2. The maximum absolute atomic E-state index is 12.8. The Morgan fingerprint density at radius 1 is 1.03 bits per heavy atom. The number of piperazine rings is 1. The number of nitrogens with zero attached hydrogens (tertiary/aromatic N) is 3. The minimum Gasteiger partial charge on any atom is -0.328 e. The van der Waals surface area contributed by atoms with Crippen LogP contribution in [-0.2, 0) is 20.1 Å². The molecule has 3 heterocycles. The number of aryl methyl sites for hydroxylation is 1. The van der Waals surface area contributed by atoms with E-state index in [1.807, 2.05) is 22.8 Å². The fourth-order valence-corrected chi connectivity index (χ4v) is 4.62. The Morgan fingerprint density at radius 2 is 1.77 bits per heavy atom. The van der Waals surface area contributed by atoms with Gasteiger partial charge >= 0.3 is 5.69 Å². The SMILES string of the molecule is Cn1c(=O)[nH]c(=O)c2c1nc(C[NH+]1CC[NH+](C)CC1)n2Cc1cccc2ccccc12. The molecule has 1 fully saturated rings. The second-order valence-electron chi connectivity index (χ2n) is 8.63. The van der Waals surface area contributed by atoms with Gasteiger partial charge in [-0.25, -0.2) is 9.78 Å². The van der Waals surface area contributed by atoms with Crippen LogP contribution in [0.2, 0.25) is 0 Å². The van der Waals surface area contributed by atoms with Crippen molar-refractivity contribution in [3.05, 3.63) is 74.7 Å². The molecule has 0 bridgehead atoms. The third-order valence-corrected chi connectivity index (χ3v) is 6.51. The Kier molecular flexibility index (Phi) is 4.95. The van der Waals surface area contributed by atoms with Gasteiger partial charge in [-0.2, -0.15) is 0 Å². The van der Waals surface area contributed by atoms with Crippen LogP contribution in [-0.4, -0.2) is 52.3 Å². The van der Waals surface area contributed by atoms with Gasteiger partial charge in [-0.3, -0.25) is 14.3 Å². The topological polar surface area (TPSA) is 81.6 Å². The summed E-state index contributed by atoms with van der Waals surface area (Å²) < 4.78 is 3.44. The molecule has 0 atom stereocenters. The summed E-state index contributed by atoms with van der Waals surface area (Å²) in [6, 6.07) is 14.5. The van der Waals surface area contributed by atoms with Crippen LogP contribution < -0.4 is 21.0 Å². The monoisotopic (exact) mass is 420 g/mol. The number of H-pyrrole nitrogens is 1. The zero-order valence-corrected chi connectivity index (χ0v) is 17.9. The van der Waals surface area contributed by atoms with Crippen molar-refractivity contribution in [1.82, 2.24) is 19.1 Å². The fourth-order valence-electron chi connectivity index (χ4n) is 4.62. The first-order valence-corrected chi connectivity index (χ1v) is 10.8. The number of aromatic amines is 1. The fraction of sp³-hybridized carbons (Fsp3) is 0.348. The van der Waals surface area contributed by atoms with Gasteiger partial charge in [-0.15, -0.1) is 0 Å². The number of hydrogen-bond donors (Lipinski definition) is 3. The van der Waals surface area contributed by atoms with E-state index in [9.17, 15) is 9.59 Å². The van der Waals surface area contributed by atoms with Crippen LogP contribution in [0.5, 0.6) is 0 Å². The average Bonchev–Trinajstić information content (AvgIpc) is 3.12. The zero-order valence-electron chi connectivity index (χ0n) is 17.9. The second-order valence-corrected chi connectivity index (χ2v) is 8.63. The van der Waals surface area contributed by atoms with E-state index >= 15 is 0 Å². The lowest BCUT2D eigenvalue weighted by atomic mass is 10.0. The third-order valence-electron chi connectivity index (χ3n) is 6.51. The smallest absolute Gasteiger partial charge is 0.328 e. The lowest BCUT2D eigenvalue weighted by Gasteiger charge is -2.27. The standard InChI is InChI=1S/C23H26N6O2/c1-26-10-12-28(13-11-26)15-19-24-21-20(22(30)25-23(31)27(21)2)29(19)14-17-8-5-7-16-6-3-4-9-18(16)17/h3-9H,10-15H2,1-2H3,(H,25,30,31)/p+2. The Morgan fingerprint density at radius 3 is 2.58 bits per heavy atom. The van der Waals surface area contributed by atoms with E-state index < -0.39 is 5.69 Å². The molecule has 5 rings (SSSR count). The first-order chi connectivity index (χ1) is 15.0. The number of fused-ring (bicyclic) bond motifs is 2. The maximum atomic E-state index is 12.8. The highest BCUT2D eigenvalue weighted by molar-refractivity contribution is 5.85. The highest BCUT2D eigenvalue weighted by Crippen LogP contribution is 2.21. The summed E-state index contributed by atoms with van der Waals surface area (Å²) >= 11 is 0. The summed E-state index contributed by atoms with van der Waals surface area (Å²) in [5, 5.41) is 2.33. The average molecular weight is 421 g/mol. The van der Waals surface area contributed by atoms with Crippen molar-refractivity contribution in [3.63, 3.8) is 0 Å². The van der Waals surface area contributed by atoms with Gasteiger partial charge in [0.2, 0.25) is 0 Å². The molecule has 0 saturated carbocycles. The van der Waals surface area contributed by atoms with Gasteiger partial charge in [-0.05, 0) is 16.3 Å². The molecule has 8 nitrogen and oxygen atoms in total. The van der Waals surface area contributed by atoms with Crippen molar-refractivity contribution in [2.45, 2.75) is 13.1 Å². The van der Waals surface area contributed by atoms with E-state index in [2.05, 4.69) is 36.3 Å². The number of hydrogen-bond acceptors (Lipinski definition) is 3. The van der Waals surface area contributed by atoms with Crippen molar-refractivity contribution in [3.8, 4) is 0 Å². The van der Waals surface area contributed by atoms with Gasteiger partial charge in [0.1, 0.15) is 32.7 Å². The highest BCUT2D eigenvalue weighted by atomic mass is 16.2. The Balaban J connectivity index is 1.65. The highest BCUT2D eigenvalue weighted by Gasteiger charge is 2.25. The summed E-state index contributed by atoms with van der Waals surface area (Å²) in [5.74, 6) is 0.851. The first-order valence-electron chi connectivity index (χ1n) is 10.8. The molecule has 160 valence electrons. The Labute approximate surface area is 179 Å². The zero-order chi connectivity index (χ0) is 21.5. The molecule has 8 heteroatoms. The summed E-state index contributed by atoms with van der Waals surface area (Å²) in [6.45, 7) is 5.65. The molecule has 31 heavy (non-hydrogen) atoms. The van der Waals surface area contributed by atoms with Gasteiger partial charge in [0, 0.05) is 7.05 Å². The summed E-state index contributed by atoms with van der Waals surface area (Å²) in [7, 11) is 3.88. The van der Waals surface area contributed by atoms with Crippen molar-refractivity contribution in [1.29, 1.82) is 0 Å². The van der Waals surface area contributed by atoms with Crippen LogP contribution in [0.15, 0.2) is 52.1 Å². The van der Waals surface area contributed by atoms with E-state index in [0.29, 0.717) is 17.7 Å². The number of quaternary nitrogens is 2. The molecule has 2 aromatic carbocycles. The molecule has 0 aliphatic carbocycles. The lowest BCUT2D eigenvalue weighted by molar-refractivity contribution is -1.01. The number of likely N-dealkylation sites (N-methyl/N-ethyl adjacent to an activating group) is 1. The van der Waals surface area contributed by atoms with Crippen molar-refractivity contribution >= 4 is 21.9 Å². The van der Waals surface area contributed by atoms with Gasteiger partial charge < -0.3 is 14.4 Å².